The van der Waals surface area contributed by atoms with Crippen molar-refractivity contribution in [3.63, 3.8) is 0 Å². The summed E-state index contributed by atoms with van der Waals surface area (Å²) in [6.45, 7) is 4.05. The summed E-state index contributed by atoms with van der Waals surface area (Å²) in [7, 11) is 0. The Kier molecular flexibility index (Phi) is 7.15. The van der Waals surface area contributed by atoms with Crippen LogP contribution < -0.4 is 0 Å². The molecule has 0 N–H and O–H groups in total. The van der Waals surface area contributed by atoms with E-state index in [1.165, 1.54) is 0 Å². The van der Waals surface area contributed by atoms with E-state index in [9.17, 15) is 41.1 Å². The number of rotatable bonds is 6. The number of hydrogen-bond donors (Lipinski definition) is 0. The SMILES string of the molecule is CC(F)(F)C(OC(=O)CCCC1CCC2C3C(=O)CC4CC(=O)CCC4(C)C3CC(=O)C12C)C(F)(F)F. The standard InChI is InChI=1S/C27H35F5O5/c1-24-10-9-16(33)11-15(24)12-19(34)22-17-8-7-14(25(17,2)20(35)13-18(22)24)5-4-6-21(36)37-23(26(3,28)29)27(30,31)32/h14-15,17-18,22-23H,4-13H2,1-3H3. The van der Waals surface area contributed by atoms with E-state index in [2.05, 4.69) is 11.7 Å². The first-order valence-electron chi connectivity index (χ1n) is 13.2. The summed E-state index contributed by atoms with van der Waals surface area (Å²) in [5.41, 5.74) is -1.01. The molecule has 4 aliphatic rings. The molecule has 5 nitrogen and oxygen atoms in total. The maximum absolute atomic E-state index is 13.6. The minimum atomic E-state index is -5.39. The number of fused-ring (bicyclic) bond motifs is 5. The second kappa shape index (κ2) is 9.40. The van der Waals surface area contributed by atoms with Crippen LogP contribution in [0.3, 0.4) is 0 Å². The monoisotopic (exact) mass is 534 g/mol. The highest BCUT2D eigenvalue weighted by Gasteiger charge is 2.65. The largest absolute Gasteiger partial charge is 0.446 e. The number of halogens is 5. The van der Waals surface area contributed by atoms with Gasteiger partial charge >= 0.3 is 12.1 Å². The first-order valence-corrected chi connectivity index (χ1v) is 13.2. The van der Waals surface area contributed by atoms with Crippen molar-refractivity contribution in [2.75, 3.05) is 0 Å². The van der Waals surface area contributed by atoms with Crippen molar-refractivity contribution in [3.05, 3.63) is 0 Å². The molecule has 10 heteroatoms. The highest BCUT2D eigenvalue weighted by Crippen LogP contribution is 2.65. The number of ketones is 3. The van der Waals surface area contributed by atoms with E-state index in [4.69, 9.17) is 0 Å². The van der Waals surface area contributed by atoms with E-state index in [0.717, 1.165) is 0 Å². The van der Waals surface area contributed by atoms with Crippen molar-refractivity contribution in [2.45, 2.75) is 103 Å². The highest BCUT2D eigenvalue weighted by molar-refractivity contribution is 5.93. The number of Topliss-reactive ketones (excluding diaryl/α,β-unsaturated/α-hetero) is 3. The van der Waals surface area contributed by atoms with Crippen LogP contribution in [0.15, 0.2) is 0 Å². The van der Waals surface area contributed by atoms with Gasteiger partial charge in [-0.15, -0.1) is 0 Å². The second-order valence-electron chi connectivity index (χ2n) is 12.3. The van der Waals surface area contributed by atoms with Crippen LogP contribution in [0.5, 0.6) is 0 Å². The van der Waals surface area contributed by atoms with Gasteiger partial charge in [0.2, 0.25) is 0 Å². The van der Waals surface area contributed by atoms with E-state index >= 15 is 0 Å². The quantitative estimate of drug-likeness (QED) is 0.315. The van der Waals surface area contributed by atoms with Gasteiger partial charge in [-0.1, -0.05) is 13.8 Å². The van der Waals surface area contributed by atoms with Crippen LogP contribution in [0.25, 0.3) is 0 Å². The number of esters is 1. The Morgan fingerprint density at radius 1 is 1.03 bits per heavy atom. The number of hydrogen-bond acceptors (Lipinski definition) is 5. The maximum Gasteiger partial charge on any atom is 0.431 e. The molecule has 4 rings (SSSR count). The van der Waals surface area contributed by atoms with Crippen LogP contribution in [-0.2, 0) is 23.9 Å². The van der Waals surface area contributed by atoms with Crippen molar-refractivity contribution in [3.8, 4) is 0 Å². The van der Waals surface area contributed by atoms with Gasteiger partial charge in [0.25, 0.3) is 12.0 Å². The van der Waals surface area contributed by atoms with Gasteiger partial charge in [-0.05, 0) is 61.2 Å². The third-order valence-corrected chi connectivity index (χ3v) is 10.3. The van der Waals surface area contributed by atoms with Crippen molar-refractivity contribution in [1.82, 2.24) is 0 Å². The molecule has 4 saturated carbocycles. The van der Waals surface area contributed by atoms with Crippen molar-refractivity contribution in [2.24, 2.45) is 40.4 Å². The summed E-state index contributed by atoms with van der Waals surface area (Å²) >= 11 is 0. The predicted molar refractivity (Wildman–Crippen MR) is 121 cm³/mol. The Morgan fingerprint density at radius 2 is 1.70 bits per heavy atom. The molecule has 0 aromatic rings. The van der Waals surface area contributed by atoms with Crippen LogP contribution in [-0.4, -0.2) is 41.5 Å². The fourth-order valence-electron chi connectivity index (χ4n) is 8.17. The Labute approximate surface area is 213 Å². The highest BCUT2D eigenvalue weighted by atomic mass is 19.4. The lowest BCUT2D eigenvalue weighted by atomic mass is 9.44. The van der Waals surface area contributed by atoms with Gasteiger partial charge in [0, 0.05) is 50.4 Å². The molecule has 0 radical (unpaired) electrons. The second-order valence-corrected chi connectivity index (χ2v) is 12.3. The summed E-state index contributed by atoms with van der Waals surface area (Å²) in [5.74, 6) is -5.95. The van der Waals surface area contributed by atoms with E-state index in [-0.39, 0.29) is 72.1 Å². The lowest BCUT2D eigenvalue weighted by Crippen LogP contribution is -2.59. The first kappa shape index (κ1) is 28.1. The van der Waals surface area contributed by atoms with E-state index in [1.54, 1.807) is 0 Å². The zero-order valence-electron chi connectivity index (χ0n) is 21.5. The van der Waals surface area contributed by atoms with Gasteiger partial charge in [0.15, 0.2) is 0 Å². The van der Waals surface area contributed by atoms with Crippen molar-refractivity contribution < 1.29 is 45.9 Å². The molecule has 8 atom stereocenters. The van der Waals surface area contributed by atoms with E-state index < -0.39 is 36.0 Å². The lowest BCUT2D eigenvalue weighted by molar-refractivity contribution is -0.273. The fraction of sp³-hybridized carbons (Fsp3) is 0.852. The fourth-order valence-corrected chi connectivity index (χ4v) is 8.17. The topological polar surface area (TPSA) is 77.5 Å². The molecule has 0 aromatic carbocycles. The molecule has 4 fully saturated rings. The Balaban J connectivity index is 1.42. The zero-order valence-corrected chi connectivity index (χ0v) is 21.5. The van der Waals surface area contributed by atoms with Gasteiger partial charge in [0.05, 0.1) is 0 Å². The summed E-state index contributed by atoms with van der Waals surface area (Å²) < 4.78 is 69.5. The Hall–Kier alpha value is -1.87. The molecule has 0 bridgehead atoms. The molecule has 0 aliphatic heterocycles. The van der Waals surface area contributed by atoms with Crippen LogP contribution in [0, 0.1) is 40.4 Å². The predicted octanol–water partition coefficient (Wildman–Crippen LogP) is 5.87. The molecule has 0 aromatic heterocycles. The van der Waals surface area contributed by atoms with Crippen molar-refractivity contribution >= 4 is 23.3 Å². The third kappa shape index (κ3) is 4.86. The molecule has 37 heavy (non-hydrogen) atoms. The molecular formula is C27H35F5O5. The molecule has 0 spiro atoms. The summed E-state index contributed by atoms with van der Waals surface area (Å²) in [4.78, 5) is 51.0. The molecule has 8 unspecified atom stereocenters. The average molecular weight is 535 g/mol. The minimum absolute atomic E-state index is 0.0288. The molecule has 0 saturated heterocycles. The molecule has 0 heterocycles. The smallest absolute Gasteiger partial charge is 0.431 e. The van der Waals surface area contributed by atoms with Crippen molar-refractivity contribution in [1.29, 1.82) is 0 Å². The van der Waals surface area contributed by atoms with Gasteiger partial charge < -0.3 is 4.74 Å². The van der Waals surface area contributed by atoms with Crippen LogP contribution >= 0.6 is 0 Å². The Bertz CT molecular complexity index is 957. The van der Waals surface area contributed by atoms with Crippen LogP contribution in [0.2, 0.25) is 0 Å². The number of ether oxygens (including phenoxy) is 1. The van der Waals surface area contributed by atoms with Gasteiger partial charge in [-0.2, -0.15) is 13.2 Å². The third-order valence-electron chi connectivity index (χ3n) is 10.3. The summed E-state index contributed by atoms with van der Waals surface area (Å²) in [6.07, 6.45) is -5.43. The first-order chi connectivity index (χ1) is 17.0. The molecule has 4 aliphatic carbocycles. The number of carbonyl (C=O) groups excluding carboxylic acids is 4. The minimum Gasteiger partial charge on any atom is -0.446 e. The van der Waals surface area contributed by atoms with Gasteiger partial charge in [-0.3, -0.25) is 19.2 Å². The normalized spacial score (nSPS) is 39.0. The van der Waals surface area contributed by atoms with E-state index in [0.29, 0.717) is 44.9 Å². The molecule has 208 valence electrons. The summed E-state index contributed by atoms with van der Waals surface area (Å²) in [6, 6.07) is 0. The maximum atomic E-state index is 13.6. The molecular weight excluding hydrogens is 499 g/mol. The van der Waals surface area contributed by atoms with E-state index in [1.807, 2.05) is 6.92 Å². The van der Waals surface area contributed by atoms with Gasteiger partial charge in [0.1, 0.15) is 17.3 Å². The zero-order chi connectivity index (χ0) is 27.6. The lowest BCUT2D eigenvalue weighted by Gasteiger charge is -2.58. The number of carbonyl (C=O) groups is 4. The number of alkyl halides is 5. The summed E-state index contributed by atoms with van der Waals surface area (Å²) in [5, 5.41) is 0. The van der Waals surface area contributed by atoms with Crippen LogP contribution in [0.4, 0.5) is 22.0 Å². The van der Waals surface area contributed by atoms with Gasteiger partial charge in [-0.25, -0.2) is 8.78 Å². The average Bonchev–Trinajstić information content (AvgIpc) is 3.10. The Morgan fingerprint density at radius 3 is 2.32 bits per heavy atom. The van der Waals surface area contributed by atoms with Crippen LogP contribution in [0.1, 0.15) is 85.0 Å². The molecule has 0 amide bonds.